The van der Waals surface area contributed by atoms with E-state index < -0.39 is 11.9 Å². The van der Waals surface area contributed by atoms with Crippen LogP contribution in [0.4, 0.5) is 5.69 Å². The lowest BCUT2D eigenvalue weighted by atomic mass is 9.83. The zero-order valence-corrected chi connectivity index (χ0v) is 19.6. The van der Waals surface area contributed by atoms with Crippen molar-refractivity contribution < 1.29 is 23.8 Å². The van der Waals surface area contributed by atoms with Crippen LogP contribution in [0, 0.1) is 11.3 Å². The van der Waals surface area contributed by atoms with Crippen LogP contribution in [0.15, 0.2) is 75.8 Å². The highest BCUT2D eigenvalue weighted by atomic mass is 79.9. The van der Waals surface area contributed by atoms with Crippen LogP contribution in [0.3, 0.4) is 0 Å². The third kappa shape index (κ3) is 5.73. The Labute approximate surface area is 199 Å². The number of nitriles is 1. The lowest BCUT2D eigenvalue weighted by Gasteiger charge is -2.27. The van der Waals surface area contributed by atoms with Gasteiger partial charge in [0.1, 0.15) is 23.2 Å². The van der Waals surface area contributed by atoms with E-state index in [-0.39, 0.29) is 41.9 Å². The Kier molecular flexibility index (Phi) is 7.74. The molecule has 0 bridgehead atoms. The van der Waals surface area contributed by atoms with Gasteiger partial charge in [-0.05, 0) is 55.8 Å². The Balaban J connectivity index is 1.81. The lowest BCUT2D eigenvalue weighted by Crippen LogP contribution is -2.25. The molecule has 1 amide bonds. The molecule has 0 saturated heterocycles. The number of hydrogen-bond acceptors (Lipinski definition) is 7. The Morgan fingerprint density at radius 2 is 1.97 bits per heavy atom. The van der Waals surface area contributed by atoms with Gasteiger partial charge in [-0.15, -0.1) is 0 Å². The van der Waals surface area contributed by atoms with Crippen LogP contribution in [0.5, 0.6) is 5.75 Å². The monoisotopic (exact) mass is 511 g/mol. The van der Waals surface area contributed by atoms with Crippen molar-refractivity contribution in [2.45, 2.75) is 19.8 Å². The Morgan fingerprint density at radius 1 is 1.24 bits per heavy atom. The van der Waals surface area contributed by atoms with Crippen molar-refractivity contribution >= 4 is 33.5 Å². The average Bonchev–Trinajstić information content (AvgIpc) is 2.79. The fourth-order valence-corrected chi connectivity index (χ4v) is 3.62. The largest absolute Gasteiger partial charge is 0.484 e. The number of ether oxygens (including phenoxy) is 3. The van der Waals surface area contributed by atoms with E-state index in [1.165, 1.54) is 0 Å². The number of carbonyl (C=O) groups is 2. The highest BCUT2D eigenvalue weighted by molar-refractivity contribution is 9.10. The summed E-state index contributed by atoms with van der Waals surface area (Å²) >= 11 is 3.34. The molecule has 1 aliphatic rings. The molecule has 2 aromatic carbocycles. The van der Waals surface area contributed by atoms with E-state index in [2.05, 4.69) is 21.2 Å². The van der Waals surface area contributed by atoms with Crippen LogP contribution < -0.4 is 15.8 Å². The smallest absolute Gasteiger partial charge is 0.338 e. The summed E-state index contributed by atoms with van der Waals surface area (Å²) in [6, 6.07) is 16.0. The summed E-state index contributed by atoms with van der Waals surface area (Å²) in [5.41, 5.74) is 7.42. The summed E-state index contributed by atoms with van der Waals surface area (Å²) in [6.45, 7) is 3.22. The number of esters is 1. The molecule has 1 unspecified atom stereocenters. The second kappa shape index (κ2) is 10.7. The highest BCUT2D eigenvalue weighted by Gasteiger charge is 2.36. The number of allylic oxidation sites excluding steroid dienone is 2. The molecule has 0 spiro atoms. The minimum atomic E-state index is -0.789. The van der Waals surface area contributed by atoms with Crippen LogP contribution >= 0.6 is 15.9 Å². The molecule has 1 atom stereocenters. The molecule has 9 heteroatoms. The zero-order valence-electron chi connectivity index (χ0n) is 18.1. The fourth-order valence-electron chi connectivity index (χ4n) is 3.35. The summed E-state index contributed by atoms with van der Waals surface area (Å²) in [4.78, 5) is 24.9. The predicted molar refractivity (Wildman–Crippen MR) is 125 cm³/mol. The van der Waals surface area contributed by atoms with E-state index in [4.69, 9.17) is 19.9 Å². The fraction of sp³-hybridized carbons (Fsp3) is 0.208. The summed E-state index contributed by atoms with van der Waals surface area (Å²) in [6.07, 6.45) is 0. The molecule has 0 radical (unpaired) electrons. The van der Waals surface area contributed by atoms with Gasteiger partial charge in [-0.3, -0.25) is 4.79 Å². The molecular formula is C24H22BrN3O5. The normalized spacial score (nSPS) is 15.4. The number of rotatable bonds is 7. The van der Waals surface area contributed by atoms with E-state index in [1.54, 1.807) is 50.2 Å². The van der Waals surface area contributed by atoms with E-state index in [1.807, 2.05) is 18.2 Å². The van der Waals surface area contributed by atoms with E-state index in [0.29, 0.717) is 17.0 Å². The number of benzene rings is 2. The predicted octanol–water partition coefficient (Wildman–Crippen LogP) is 4.11. The summed E-state index contributed by atoms with van der Waals surface area (Å²) in [5, 5.41) is 12.4. The Hall–Kier alpha value is -3.77. The van der Waals surface area contributed by atoms with Gasteiger partial charge < -0.3 is 25.3 Å². The van der Waals surface area contributed by atoms with Crippen LogP contribution in [0.25, 0.3) is 0 Å². The number of nitrogens with one attached hydrogen (secondary N) is 1. The molecule has 0 saturated carbocycles. The number of anilines is 1. The SMILES string of the molecule is CCOC(=O)C1=C(C)OC(N)=C(C#N)C1c1cccc(OCC(=O)Nc2ccc(Br)cc2)c1. The van der Waals surface area contributed by atoms with Gasteiger partial charge in [0.2, 0.25) is 5.88 Å². The first kappa shape index (κ1) is 23.9. The second-order valence-corrected chi connectivity index (χ2v) is 7.95. The van der Waals surface area contributed by atoms with Gasteiger partial charge in [-0.2, -0.15) is 5.26 Å². The Morgan fingerprint density at radius 3 is 2.64 bits per heavy atom. The molecule has 0 fully saturated rings. The van der Waals surface area contributed by atoms with Crippen LogP contribution in [0.2, 0.25) is 0 Å². The first-order valence-corrected chi connectivity index (χ1v) is 10.9. The van der Waals surface area contributed by atoms with Gasteiger partial charge in [-0.1, -0.05) is 28.1 Å². The minimum Gasteiger partial charge on any atom is -0.484 e. The Bertz CT molecular complexity index is 1170. The van der Waals surface area contributed by atoms with E-state index >= 15 is 0 Å². The van der Waals surface area contributed by atoms with Crippen molar-refractivity contribution in [2.24, 2.45) is 5.73 Å². The standard InChI is InChI=1S/C24H22BrN3O5/c1-3-31-24(30)21-14(2)33-23(27)19(12-26)22(21)15-5-4-6-18(11-15)32-13-20(29)28-17-9-7-16(25)8-10-17/h4-11,22H,3,13,27H2,1-2H3,(H,28,29). The maximum atomic E-state index is 12.6. The molecular weight excluding hydrogens is 490 g/mol. The number of halogens is 1. The third-order valence-electron chi connectivity index (χ3n) is 4.79. The first-order valence-electron chi connectivity index (χ1n) is 10.1. The minimum absolute atomic E-state index is 0.0757. The first-order chi connectivity index (χ1) is 15.8. The molecule has 170 valence electrons. The third-order valence-corrected chi connectivity index (χ3v) is 5.32. The highest BCUT2D eigenvalue weighted by Crippen LogP contribution is 2.40. The van der Waals surface area contributed by atoms with Crippen molar-refractivity contribution in [3.05, 3.63) is 81.4 Å². The number of nitrogens with zero attached hydrogens (tertiary/aromatic N) is 1. The maximum Gasteiger partial charge on any atom is 0.338 e. The van der Waals surface area contributed by atoms with Gasteiger partial charge in [0, 0.05) is 10.2 Å². The molecule has 1 heterocycles. The molecule has 3 N–H and O–H groups in total. The second-order valence-electron chi connectivity index (χ2n) is 7.03. The van der Waals surface area contributed by atoms with Crippen LogP contribution in [0.1, 0.15) is 25.3 Å². The number of nitrogens with two attached hydrogens (primary N) is 1. The number of hydrogen-bond donors (Lipinski definition) is 2. The summed E-state index contributed by atoms with van der Waals surface area (Å²) < 4.78 is 17.1. The molecule has 0 aromatic heterocycles. The number of amides is 1. The van der Waals surface area contributed by atoms with Gasteiger partial charge in [0.05, 0.1) is 18.1 Å². The van der Waals surface area contributed by atoms with Crippen molar-refractivity contribution in [2.75, 3.05) is 18.5 Å². The molecule has 3 rings (SSSR count). The summed E-state index contributed by atoms with van der Waals surface area (Å²) in [7, 11) is 0. The van der Waals surface area contributed by atoms with E-state index in [0.717, 1.165) is 4.47 Å². The van der Waals surface area contributed by atoms with Gasteiger partial charge in [0.15, 0.2) is 6.61 Å². The molecule has 33 heavy (non-hydrogen) atoms. The van der Waals surface area contributed by atoms with Crippen molar-refractivity contribution in [3.63, 3.8) is 0 Å². The quantitative estimate of drug-likeness (QED) is 0.535. The van der Waals surface area contributed by atoms with Crippen molar-refractivity contribution in [3.8, 4) is 11.8 Å². The van der Waals surface area contributed by atoms with Gasteiger partial charge in [0.25, 0.3) is 5.91 Å². The van der Waals surface area contributed by atoms with Crippen molar-refractivity contribution in [1.82, 2.24) is 0 Å². The maximum absolute atomic E-state index is 12.6. The number of carbonyl (C=O) groups excluding carboxylic acids is 2. The molecule has 0 aliphatic carbocycles. The zero-order chi connectivity index (χ0) is 24.0. The van der Waals surface area contributed by atoms with Gasteiger partial charge >= 0.3 is 5.97 Å². The van der Waals surface area contributed by atoms with E-state index in [9.17, 15) is 14.9 Å². The van der Waals surface area contributed by atoms with Crippen molar-refractivity contribution in [1.29, 1.82) is 5.26 Å². The molecule has 2 aromatic rings. The van der Waals surface area contributed by atoms with Crippen LogP contribution in [-0.2, 0) is 19.1 Å². The molecule has 8 nitrogen and oxygen atoms in total. The topological polar surface area (TPSA) is 124 Å². The van der Waals surface area contributed by atoms with Crippen LogP contribution in [-0.4, -0.2) is 25.1 Å². The average molecular weight is 512 g/mol. The van der Waals surface area contributed by atoms with Gasteiger partial charge in [-0.25, -0.2) is 4.79 Å². The molecule has 1 aliphatic heterocycles. The summed E-state index contributed by atoms with van der Waals surface area (Å²) in [5.74, 6) is -1.15. The lowest BCUT2D eigenvalue weighted by molar-refractivity contribution is -0.139.